The highest BCUT2D eigenvalue weighted by Crippen LogP contribution is 2.19. The molecule has 0 aliphatic carbocycles. The Morgan fingerprint density at radius 2 is 1.93 bits per heavy atom. The van der Waals surface area contributed by atoms with Gasteiger partial charge in [0.2, 0.25) is 5.91 Å². The van der Waals surface area contributed by atoms with Crippen molar-refractivity contribution in [1.82, 2.24) is 9.88 Å². The van der Waals surface area contributed by atoms with Crippen molar-refractivity contribution in [1.29, 1.82) is 0 Å². The van der Waals surface area contributed by atoms with Crippen molar-refractivity contribution in [3.63, 3.8) is 0 Å². The molecule has 6 heteroatoms. The van der Waals surface area contributed by atoms with E-state index in [1.165, 1.54) is 6.42 Å². The number of aromatic nitrogens is 1. The molecule has 1 saturated heterocycles. The summed E-state index contributed by atoms with van der Waals surface area (Å²) in [6.45, 7) is 4.13. The molecule has 2 heterocycles. The molecule has 2 N–H and O–H groups in total. The van der Waals surface area contributed by atoms with Crippen LogP contribution in [0, 0.1) is 0 Å². The van der Waals surface area contributed by atoms with Gasteiger partial charge in [-0.25, -0.2) is 4.98 Å². The zero-order chi connectivity index (χ0) is 19.8. The van der Waals surface area contributed by atoms with E-state index in [-0.39, 0.29) is 11.8 Å². The van der Waals surface area contributed by atoms with Crippen LogP contribution in [0.1, 0.15) is 54.9 Å². The number of hydrogen-bond acceptors (Lipinski definition) is 4. The average Bonchev–Trinajstić information content (AvgIpc) is 2.73. The number of amides is 2. The monoisotopic (exact) mass is 380 g/mol. The molecule has 1 aliphatic heterocycles. The minimum atomic E-state index is 0.0201. The molecule has 0 atom stereocenters. The van der Waals surface area contributed by atoms with Crippen molar-refractivity contribution in [2.75, 3.05) is 23.7 Å². The van der Waals surface area contributed by atoms with Gasteiger partial charge in [0.1, 0.15) is 5.82 Å². The quantitative estimate of drug-likeness (QED) is 0.760. The number of nitrogens with one attached hydrogen (secondary N) is 2. The average molecular weight is 380 g/mol. The van der Waals surface area contributed by atoms with Crippen molar-refractivity contribution < 1.29 is 9.59 Å². The lowest BCUT2D eigenvalue weighted by molar-refractivity contribution is -0.116. The van der Waals surface area contributed by atoms with Gasteiger partial charge in [-0.2, -0.15) is 0 Å². The predicted molar refractivity (Wildman–Crippen MR) is 111 cm³/mol. The zero-order valence-electron chi connectivity index (χ0n) is 16.4. The Bertz CT molecular complexity index is 816. The molecule has 2 aromatic rings. The van der Waals surface area contributed by atoms with Crippen LogP contribution in [-0.2, 0) is 11.3 Å². The summed E-state index contributed by atoms with van der Waals surface area (Å²) < 4.78 is 0. The molecule has 0 radical (unpaired) electrons. The molecule has 2 amide bonds. The number of carbonyl (C=O) groups excluding carboxylic acids is 2. The van der Waals surface area contributed by atoms with Crippen LogP contribution in [0.25, 0.3) is 0 Å². The number of carbonyl (C=O) groups is 2. The maximum absolute atomic E-state index is 12.9. The first-order valence-corrected chi connectivity index (χ1v) is 10.0. The molecular formula is C22H28N4O2. The minimum Gasteiger partial charge on any atom is -0.365 e. The van der Waals surface area contributed by atoms with Gasteiger partial charge in [-0.15, -0.1) is 0 Å². The van der Waals surface area contributed by atoms with E-state index in [1.807, 2.05) is 42.2 Å². The predicted octanol–water partition coefficient (Wildman–Crippen LogP) is 4.06. The van der Waals surface area contributed by atoms with Gasteiger partial charge in [0, 0.05) is 37.9 Å². The van der Waals surface area contributed by atoms with Crippen molar-refractivity contribution in [2.45, 2.75) is 45.6 Å². The van der Waals surface area contributed by atoms with Crippen LogP contribution in [0.2, 0.25) is 0 Å². The first kappa shape index (κ1) is 19.9. The van der Waals surface area contributed by atoms with Gasteiger partial charge in [-0.1, -0.05) is 19.1 Å². The number of hydrogen-bond donors (Lipinski definition) is 2. The van der Waals surface area contributed by atoms with Gasteiger partial charge >= 0.3 is 0 Å². The number of rotatable bonds is 7. The van der Waals surface area contributed by atoms with Crippen molar-refractivity contribution in [2.24, 2.45) is 0 Å². The number of likely N-dealkylation sites (tertiary alicyclic amines) is 1. The summed E-state index contributed by atoms with van der Waals surface area (Å²) >= 11 is 0. The van der Waals surface area contributed by atoms with Crippen LogP contribution in [-0.4, -0.2) is 34.8 Å². The Balaban J connectivity index is 1.66. The fourth-order valence-corrected chi connectivity index (χ4v) is 3.38. The Hall–Kier alpha value is -2.89. The lowest BCUT2D eigenvalue weighted by Gasteiger charge is -2.27. The summed E-state index contributed by atoms with van der Waals surface area (Å²) in [6, 6.07) is 11.3. The minimum absolute atomic E-state index is 0.0201. The topological polar surface area (TPSA) is 74.3 Å². The molecule has 0 unspecified atom stereocenters. The van der Waals surface area contributed by atoms with E-state index in [2.05, 4.69) is 15.6 Å². The number of nitrogens with zero attached hydrogens (tertiary/aromatic N) is 2. The van der Waals surface area contributed by atoms with Crippen molar-refractivity contribution >= 4 is 23.3 Å². The normalized spacial score (nSPS) is 13.8. The summed E-state index contributed by atoms with van der Waals surface area (Å²) in [6.07, 6.45) is 6.33. The van der Waals surface area contributed by atoms with Crippen LogP contribution in [0.5, 0.6) is 0 Å². The molecule has 3 rings (SSSR count). The van der Waals surface area contributed by atoms with Gasteiger partial charge in [0.25, 0.3) is 5.91 Å². The first-order chi connectivity index (χ1) is 13.7. The van der Waals surface area contributed by atoms with Crippen LogP contribution >= 0.6 is 0 Å². The first-order valence-electron chi connectivity index (χ1n) is 10.0. The number of piperidine rings is 1. The summed E-state index contributed by atoms with van der Waals surface area (Å²) in [5.41, 5.74) is 2.40. The molecule has 6 nitrogen and oxygen atoms in total. The Labute approximate surface area is 166 Å². The van der Waals surface area contributed by atoms with E-state index in [0.29, 0.717) is 24.3 Å². The zero-order valence-corrected chi connectivity index (χ0v) is 16.4. The van der Waals surface area contributed by atoms with E-state index in [9.17, 15) is 9.59 Å². The van der Waals surface area contributed by atoms with Crippen molar-refractivity contribution in [3.8, 4) is 0 Å². The standard InChI is InChI=1S/C22H28N4O2/c1-2-8-20(27)25-18-10-6-9-17(15-18)16-24-21-19(11-7-12-23-21)22(28)26-13-4-3-5-14-26/h6-7,9-12,15H,2-5,8,13-14,16H2,1H3,(H,23,24)(H,25,27). The second-order valence-corrected chi connectivity index (χ2v) is 7.10. The maximum Gasteiger partial charge on any atom is 0.257 e. The van der Waals surface area contributed by atoms with Gasteiger partial charge in [-0.3, -0.25) is 9.59 Å². The Kier molecular flexibility index (Phi) is 7.00. The van der Waals surface area contributed by atoms with Crippen LogP contribution in [0.3, 0.4) is 0 Å². The fraction of sp³-hybridized carbons (Fsp3) is 0.409. The smallest absolute Gasteiger partial charge is 0.257 e. The molecule has 1 aromatic carbocycles. The van der Waals surface area contributed by atoms with Crippen LogP contribution < -0.4 is 10.6 Å². The third kappa shape index (κ3) is 5.31. The van der Waals surface area contributed by atoms with Gasteiger partial charge < -0.3 is 15.5 Å². The highest BCUT2D eigenvalue weighted by Gasteiger charge is 2.21. The third-order valence-electron chi connectivity index (χ3n) is 4.83. The second kappa shape index (κ2) is 9.88. The van der Waals surface area contributed by atoms with Crippen molar-refractivity contribution in [3.05, 3.63) is 53.7 Å². The molecule has 1 fully saturated rings. The maximum atomic E-state index is 12.9. The van der Waals surface area contributed by atoms with Gasteiger partial charge in [0.15, 0.2) is 0 Å². The fourth-order valence-electron chi connectivity index (χ4n) is 3.38. The van der Waals surface area contributed by atoms with Gasteiger partial charge in [-0.05, 0) is 55.5 Å². The van der Waals surface area contributed by atoms with E-state index >= 15 is 0 Å². The largest absolute Gasteiger partial charge is 0.365 e. The van der Waals surface area contributed by atoms with E-state index in [0.717, 1.165) is 43.6 Å². The van der Waals surface area contributed by atoms with Crippen LogP contribution in [0.4, 0.5) is 11.5 Å². The van der Waals surface area contributed by atoms with E-state index in [4.69, 9.17) is 0 Å². The summed E-state index contributed by atoms with van der Waals surface area (Å²) in [5, 5.41) is 6.19. The van der Waals surface area contributed by atoms with Crippen LogP contribution in [0.15, 0.2) is 42.6 Å². The lowest BCUT2D eigenvalue weighted by atomic mass is 10.1. The SMILES string of the molecule is CCCC(=O)Nc1cccc(CNc2ncccc2C(=O)N2CCCCC2)c1. The second-order valence-electron chi connectivity index (χ2n) is 7.10. The molecule has 0 spiro atoms. The Morgan fingerprint density at radius 3 is 2.71 bits per heavy atom. The molecule has 0 bridgehead atoms. The highest BCUT2D eigenvalue weighted by molar-refractivity contribution is 5.98. The lowest BCUT2D eigenvalue weighted by Crippen LogP contribution is -2.36. The molecular weight excluding hydrogens is 352 g/mol. The van der Waals surface area contributed by atoms with E-state index in [1.54, 1.807) is 12.3 Å². The van der Waals surface area contributed by atoms with Gasteiger partial charge in [0.05, 0.1) is 5.56 Å². The number of pyridine rings is 1. The van der Waals surface area contributed by atoms with E-state index < -0.39 is 0 Å². The summed E-state index contributed by atoms with van der Waals surface area (Å²) in [7, 11) is 0. The molecule has 148 valence electrons. The molecule has 0 saturated carbocycles. The molecule has 1 aliphatic rings. The number of benzene rings is 1. The summed E-state index contributed by atoms with van der Waals surface area (Å²) in [4.78, 5) is 31.0. The Morgan fingerprint density at radius 1 is 1.11 bits per heavy atom. The third-order valence-corrected chi connectivity index (χ3v) is 4.83. The number of anilines is 2. The molecule has 28 heavy (non-hydrogen) atoms. The highest BCUT2D eigenvalue weighted by atomic mass is 16.2. The molecule has 1 aromatic heterocycles. The summed E-state index contributed by atoms with van der Waals surface area (Å²) in [5.74, 6) is 0.654.